The molecule has 0 fully saturated rings. The molecule has 0 bridgehead atoms. The molecule has 27 heavy (non-hydrogen) atoms. The summed E-state index contributed by atoms with van der Waals surface area (Å²) in [5, 5.41) is 7.67. The van der Waals surface area contributed by atoms with Crippen molar-refractivity contribution in [2.75, 3.05) is 5.32 Å². The Hall–Kier alpha value is -2.83. The molecule has 3 aromatic rings. The van der Waals surface area contributed by atoms with Gasteiger partial charge in [0.25, 0.3) is 5.91 Å². The zero-order valence-corrected chi connectivity index (χ0v) is 15.8. The summed E-state index contributed by atoms with van der Waals surface area (Å²) >= 11 is 12.1. The Balaban J connectivity index is 1.63. The lowest BCUT2D eigenvalue weighted by Gasteiger charge is -2.09. The average molecular weight is 404 g/mol. The number of nitrogens with one attached hydrogen (secondary N) is 1. The van der Waals surface area contributed by atoms with Crippen molar-refractivity contribution in [3.63, 3.8) is 0 Å². The van der Waals surface area contributed by atoms with Crippen LogP contribution >= 0.6 is 23.2 Å². The minimum atomic E-state index is -0.375. The first-order chi connectivity index (χ1) is 12.9. The maximum atomic E-state index is 12.3. The Bertz CT molecular complexity index is 964. The third-order valence-electron chi connectivity index (χ3n) is 3.68. The molecule has 2 aromatic carbocycles. The second-order valence-electron chi connectivity index (χ2n) is 5.65. The van der Waals surface area contributed by atoms with Crippen molar-refractivity contribution in [2.24, 2.45) is 0 Å². The number of anilines is 1. The van der Waals surface area contributed by atoms with Gasteiger partial charge < -0.3 is 10.1 Å². The summed E-state index contributed by atoms with van der Waals surface area (Å²) in [7, 11) is 0. The van der Waals surface area contributed by atoms with Gasteiger partial charge in [-0.15, -0.1) is 0 Å². The van der Waals surface area contributed by atoms with Crippen LogP contribution in [0.2, 0.25) is 10.0 Å². The number of ketones is 1. The minimum absolute atomic E-state index is 0.0368. The molecule has 1 amide bonds. The van der Waals surface area contributed by atoms with E-state index in [9.17, 15) is 9.59 Å². The van der Waals surface area contributed by atoms with Gasteiger partial charge in [0.2, 0.25) is 0 Å². The van der Waals surface area contributed by atoms with Gasteiger partial charge in [-0.25, -0.2) is 4.68 Å². The number of amides is 1. The second-order valence-corrected chi connectivity index (χ2v) is 6.47. The molecule has 1 heterocycles. The van der Waals surface area contributed by atoms with Crippen molar-refractivity contribution >= 4 is 40.6 Å². The van der Waals surface area contributed by atoms with E-state index in [-0.39, 0.29) is 24.1 Å². The molecule has 0 atom stereocenters. The minimum Gasteiger partial charge on any atom is -0.468 e. The van der Waals surface area contributed by atoms with Crippen LogP contribution in [0.25, 0.3) is 0 Å². The maximum Gasteiger partial charge on any atom is 0.276 e. The third-order valence-corrected chi connectivity index (χ3v) is 4.28. The molecule has 3 rings (SSSR count). The smallest absolute Gasteiger partial charge is 0.276 e. The Labute approximate surface area is 165 Å². The zero-order valence-electron chi connectivity index (χ0n) is 14.3. The number of rotatable bonds is 6. The summed E-state index contributed by atoms with van der Waals surface area (Å²) in [6, 6.07) is 13.2. The van der Waals surface area contributed by atoms with Gasteiger partial charge in [-0.2, -0.15) is 5.10 Å². The van der Waals surface area contributed by atoms with Crippen molar-refractivity contribution in [1.82, 2.24) is 9.78 Å². The average Bonchev–Trinajstić information content (AvgIpc) is 3.11. The topological polar surface area (TPSA) is 73.2 Å². The van der Waals surface area contributed by atoms with Crippen molar-refractivity contribution in [2.45, 2.75) is 13.7 Å². The lowest BCUT2D eigenvalue weighted by molar-refractivity contribution is 0.101. The number of para-hydroxylation sites is 1. The predicted octanol–water partition coefficient (Wildman–Crippen LogP) is 4.68. The van der Waals surface area contributed by atoms with Gasteiger partial charge in [0.15, 0.2) is 24.0 Å². The highest BCUT2D eigenvalue weighted by Gasteiger charge is 2.12. The quantitative estimate of drug-likeness (QED) is 0.606. The van der Waals surface area contributed by atoms with E-state index in [1.807, 2.05) is 0 Å². The number of aromatic nitrogens is 2. The van der Waals surface area contributed by atoms with Gasteiger partial charge >= 0.3 is 0 Å². The van der Waals surface area contributed by atoms with Gasteiger partial charge in [-0.05, 0) is 49.4 Å². The van der Waals surface area contributed by atoms with Crippen LogP contribution in [-0.4, -0.2) is 21.5 Å². The first-order valence-electron chi connectivity index (χ1n) is 7.96. The molecule has 0 saturated carbocycles. The third kappa shape index (κ3) is 4.67. The summed E-state index contributed by atoms with van der Waals surface area (Å²) < 4.78 is 7.03. The molecule has 6 nitrogen and oxygen atoms in total. The van der Waals surface area contributed by atoms with Gasteiger partial charge in [0, 0.05) is 17.4 Å². The number of ether oxygens (including phenoxy) is 1. The highest BCUT2D eigenvalue weighted by atomic mass is 35.5. The van der Waals surface area contributed by atoms with E-state index < -0.39 is 0 Å². The fourth-order valence-corrected chi connectivity index (χ4v) is 2.80. The number of carbonyl (C=O) groups is 2. The standard InChI is InChI=1S/C19H15Cl2N3O3/c1-12(25)13-5-7-14(8-6-13)22-19(26)17-9-10-24(23-17)11-27-18-15(20)3-2-4-16(18)21/h2-10H,11H2,1H3,(H,22,26). The maximum absolute atomic E-state index is 12.3. The van der Waals surface area contributed by atoms with Crippen LogP contribution in [0.3, 0.4) is 0 Å². The van der Waals surface area contributed by atoms with Gasteiger partial charge in [-0.1, -0.05) is 29.3 Å². The summed E-state index contributed by atoms with van der Waals surface area (Å²) in [6.07, 6.45) is 1.61. The van der Waals surface area contributed by atoms with Crippen molar-refractivity contribution in [3.05, 3.63) is 76.0 Å². The van der Waals surface area contributed by atoms with Crippen molar-refractivity contribution < 1.29 is 14.3 Å². The fraction of sp³-hybridized carbons (Fsp3) is 0.105. The molecular formula is C19H15Cl2N3O3. The molecule has 0 unspecified atom stereocenters. The molecule has 0 saturated heterocycles. The van der Waals surface area contributed by atoms with E-state index in [0.717, 1.165) is 0 Å². The monoisotopic (exact) mass is 403 g/mol. The highest BCUT2D eigenvalue weighted by Crippen LogP contribution is 2.32. The molecule has 0 spiro atoms. The number of hydrogen-bond donors (Lipinski definition) is 1. The van der Waals surface area contributed by atoms with Gasteiger partial charge in [0.1, 0.15) is 0 Å². The molecular weight excluding hydrogens is 389 g/mol. The van der Waals surface area contributed by atoms with E-state index >= 15 is 0 Å². The number of nitrogens with zero attached hydrogens (tertiary/aromatic N) is 2. The van der Waals surface area contributed by atoms with Crippen molar-refractivity contribution in [1.29, 1.82) is 0 Å². The fourth-order valence-electron chi connectivity index (χ4n) is 2.29. The van der Waals surface area contributed by atoms with E-state index in [1.54, 1.807) is 54.7 Å². The van der Waals surface area contributed by atoms with E-state index in [2.05, 4.69) is 10.4 Å². The first kappa shape index (κ1) is 18.9. The van der Waals surface area contributed by atoms with E-state index in [0.29, 0.717) is 27.0 Å². The Kier molecular flexibility index (Phi) is 5.78. The summed E-state index contributed by atoms with van der Waals surface area (Å²) in [6.45, 7) is 1.53. The molecule has 0 aliphatic rings. The van der Waals surface area contributed by atoms with Crippen molar-refractivity contribution in [3.8, 4) is 5.75 Å². The van der Waals surface area contributed by atoms with Crippen LogP contribution in [0.4, 0.5) is 5.69 Å². The Morgan fingerprint density at radius 1 is 1.07 bits per heavy atom. The van der Waals surface area contributed by atoms with Crippen LogP contribution < -0.4 is 10.1 Å². The van der Waals surface area contributed by atoms with Gasteiger partial charge in [0.05, 0.1) is 10.0 Å². The molecule has 8 heteroatoms. The lowest BCUT2D eigenvalue weighted by atomic mass is 10.1. The van der Waals surface area contributed by atoms with Crippen LogP contribution in [0.5, 0.6) is 5.75 Å². The normalized spacial score (nSPS) is 10.5. The largest absolute Gasteiger partial charge is 0.468 e. The SMILES string of the molecule is CC(=O)c1ccc(NC(=O)c2ccn(COc3c(Cl)cccc3Cl)n2)cc1. The Morgan fingerprint density at radius 2 is 1.74 bits per heavy atom. The number of halogens is 2. The lowest BCUT2D eigenvalue weighted by Crippen LogP contribution is -2.14. The molecule has 1 N–H and O–H groups in total. The molecule has 1 aromatic heterocycles. The number of hydrogen-bond acceptors (Lipinski definition) is 4. The summed E-state index contributed by atoms with van der Waals surface area (Å²) in [5.41, 5.74) is 1.37. The summed E-state index contributed by atoms with van der Waals surface area (Å²) in [4.78, 5) is 23.6. The number of Topliss-reactive ketones (excluding diaryl/α,β-unsaturated/α-hetero) is 1. The molecule has 0 aliphatic heterocycles. The molecule has 0 radical (unpaired) electrons. The first-order valence-corrected chi connectivity index (χ1v) is 8.72. The van der Waals surface area contributed by atoms with Crippen LogP contribution in [0, 0.1) is 0 Å². The zero-order chi connectivity index (χ0) is 19.4. The molecule has 138 valence electrons. The summed E-state index contributed by atoms with van der Waals surface area (Å²) in [5.74, 6) is -0.0572. The number of benzene rings is 2. The van der Waals surface area contributed by atoms with E-state index in [4.69, 9.17) is 27.9 Å². The van der Waals surface area contributed by atoms with Crippen LogP contribution in [0.1, 0.15) is 27.8 Å². The van der Waals surface area contributed by atoms with Gasteiger partial charge in [-0.3, -0.25) is 9.59 Å². The predicted molar refractivity (Wildman–Crippen MR) is 104 cm³/mol. The molecule has 0 aliphatic carbocycles. The highest BCUT2D eigenvalue weighted by molar-refractivity contribution is 6.37. The van der Waals surface area contributed by atoms with Crippen LogP contribution in [0.15, 0.2) is 54.7 Å². The van der Waals surface area contributed by atoms with Crippen LogP contribution in [-0.2, 0) is 6.73 Å². The second kappa shape index (κ2) is 8.24. The number of carbonyl (C=O) groups excluding carboxylic acids is 2. The Morgan fingerprint density at radius 3 is 2.37 bits per heavy atom. The van der Waals surface area contributed by atoms with E-state index in [1.165, 1.54) is 11.6 Å².